The zero-order valence-electron chi connectivity index (χ0n) is 12.4. The summed E-state index contributed by atoms with van der Waals surface area (Å²) < 4.78 is 19.5. The number of hydrogen-bond donors (Lipinski definition) is 2. The smallest absolute Gasteiger partial charge is 0.225 e. The zero-order chi connectivity index (χ0) is 14.7. The molecule has 1 aliphatic carbocycles. The van der Waals surface area contributed by atoms with Crippen molar-refractivity contribution in [3.63, 3.8) is 0 Å². The number of amides is 1. The molecule has 1 aliphatic heterocycles. The minimum atomic E-state index is -0.418. The standard InChI is InChI=1S/C16H21FN2O2.ClH/c17-14-9-12(6-7-15(14)21-13-4-1-5-13)19-16(20)10-11-3-2-8-18-11;/h6-7,9,11,13,18H,1-5,8,10H2,(H,19,20);1H. The normalized spacial score (nSPS) is 20.9. The van der Waals surface area contributed by atoms with E-state index in [4.69, 9.17) is 4.74 Å². The highest BCUT2D eigenvalue weighted by atomic mass is 35.5. The van der Waals surface area contributed by atoms with Gasteiger partial charge in [0.15, 0.2) is 11.6 Å². The SMILES string of the molecule is Cl.O=C(CC1CCCN1)Nc1ccc(OC2CCC2)c(F)c1. The van der Waals surface area contributed by atoms with Crippen LogP contribution in [0.25, 0.3) is 0 Å². The molecule has 122 valence electrons. The molecule has 1 saturated carbocycles. The maximum absolute atomic E-state index is 13.9. The highest BCUT2D eigenvalue weighted by molar-refractivity contribution is 5.91. The highest BCUT2D eigenvalue weighted by Crippen LogP contribution is 2.28. The van der Waals surface area contributed by atoms with Gasteiger partial charge in [-0.05, 0) is 50.8 Å². The second-order valence-corrected chi connectivity index (χ2v) is 5.86. The first-order valence-electron chi connectivity index (χ1n) is 7.70. The van der Waals surface area contributed by atoms with Gasteiger partial charge in [-0.2, -0.15) is 0 Å². The zero-order valence-corrected chi connectivity index (χ0v) is 13.3. The molecule has 3 rings (SSSR count). The molecule has 0 bridgehead atoms. The minimum Gasteiger partial charge on any atom is -0.487 e. The van der Waals surface area contributed by atoms with Gasteiger partial charge in [0.25, 0.3) is 0 Å². The number of hydrogen-bond acceptors (Lipinski definition) is 3. The summed E-state index contributed by atoms with van der Waals surface area (Å²) in [5, 5.41) is 6.02. The van der Waals surface area contributed by atoms with Gasteiger partial charge in [0.05, 0.1) is 6.10 Å². The van der Waals surface area contributed by atoms with Crippen molar-refractivity contribution in [2.24, 2.45) is 0 Å². The van der Waals surface area contributed by atoms with Crippen molar-refractivity contribution in [1.82, 2.24) is 5.32 Å². The molecule has 1 aromatic rings. The Balaban J connectivity index is 0.00000176. The predicted molar refractivity (Wildman–Crippen MR) is 86.2 cm³/mol. The third kappa shape index (κ3) is 4.34. The highest BCUT2D eigenvalue weighted by Gasteiger charge is 2.21. The number of rotatable bonds is 5. The van der Waals surface area contributed by atoms with E-state index in [0.29, 0.717) is 12.1 Å². The Kier molecular flexibility index (Phi) is 6.03. The molecule has 1 heterocycles. The Morgan fingerprint density at radius 1 is 1.32 bits per heavy atom. The second-order valence-electron chi connectivity index (χ2n) is 5.86. The summed E-state index contributed by atoms with van der Waals surface area (Å²) in [7, 11) is 0. The Bertz CT molecular complexity index is 517. The molecule has 1 saturated heterocycles. The maximum Gasteiger partial charge on any atom is 0.225 e. The first kappa shape index (κ1) is 17.0. The van der Waals surface area contributed by atoms with E-state index < -0.39 is 5.82 Å². The number of halogens is 2. The molecule has 22 heavy (non-hydrogen) atoms. The number of carbonyl (C=O) groups is 1. The largest absolute Gasteiger partial charge is 0.487 e. The number of carbonyl (C=O) groups excluding carboxylic acids is 1. The van der Waals surface area contributed by atoms with Crippen LogP contribution in [0, 0.1) is 5.82 Å². The van der Waals surface area contributed by atoms with E-state index in [9.17, 15) is 9.18 Å². The second kappa shape index (κ2) is 7.79. The van der Waals surface area contributed by atoms with E-state index in [2.05, 4.69) is 10.6 Å². The average molecular weight is 329 g/mol. The molecule has 0 radical (unpaired) electrons. The van der Waals surface area contributed by atoms with Crippen molar-refractivity contribution >= 4 is 24.0 Å². The average Bonchev–Trinajstić information content (AvgIpc) is 2.88. The first-order chi connectivity index (χ1) is 10.2. The van der Waals surface area contributed by atoms with Crippen molar-refractivity contribution in [2.75, 3.05) is 11.9 Å². The molecule has 1 unspecified atom stereocenters. The molecule has 2 fully saturated rings. The summed E-state index contributed by atoms with van der Waals surface area (Å²) in [5.41, 5.74) is 0.483. The van der Waals surface area contributed by atoms with Crippen molar-refractivity contribution in [1.29, 1.82) is 0 Å². The van der Waals surface area contributed by atoms with Gasteiger partial charge in [-0.3, -0.25) is 4.79 Å². The molecule has 1 aromatic carbocycles. The fourth-order valence-corrected chi connectivity index (χ4v) is 2.71. The van der Waals surface area contributed by atoms with Crippen LogP contribution in [0.4, 0.5) is 10.1 Å². The molecular formula is C16H22ClFN2O2. The van der Waals surface area contributed by atoms with Crippen LogP contribution in [0.2, 0.25) is 0 Å². The molecule has 1 amide bonds. The van der Waals surface area contributed by atoms with Crippen molar-refractivity contribution in [3.05, 3.63) is 24.0 Å². The van der Waals surface area contributed by atoms with Gasteiger partial charge in [0.1, 0.15) is 0 Å². The Hall–Kier alpha value is -1.33. The Labute approximate surface area is 136 Å². The molecule has 6 heteroatoms. The summed E-state index contributed by atoms with van der Waals surface area (Å²) in [6, 6.07) is 4.86. The van der Waals surface area contributed by atoms with E-state index in [1.54, 1.807) is 12.1 Å². The number of ether oxygens (including phenoxy) is 1. The molecule has 4 nitrogen and oxygen atoms in total. The summed E-state index contributed by atoms with van der Waals surface area (Å²) in [4.78, 5) is 11.9. The molecule has 1 atom stereocenters. The predicted octanol–water partition coefficient (Wildman–Crippen LogP) is 3.26. The topological polar surface area (TPSA) is 50.4 Å². The summed E-state index contributed by atoms with van der Waals surface area (Å²) in [6.07, 6.45) is 5.85. The third-order valence-electron chi connectivity index (χ3n) is 4.16. The molecular weight excluding hydrogens is 307 g/mol. The monoisotopic (exact) mass is 328 g/mol. The van der Waals surface area contributed by atoms with E-state index >= 15 is 0 Å². The summed E-state index contributed by atoms with van der Waals surface area (Å²) >= 11 is 0. The van der Waals surface area contributed by atoms with Gasteiger partial charge in [-0.25, -0.2) is 4.39 Å². The van der Waals surface area contributed by atoms with Crippen molar-refractivity contribution < 1.29 is 13.9 Å². The van der Waals surface area contributed by atoms with Gasteiger partial charge in [0.2, 0.25) is 5.91 Å². The molecule has 2 N–H and O–H groups in total. The van der Waals surface area contributed by atoms with Crippen LogP contribution in [0.5, 0.6) is 5.75 Å². The summed E-state index contributed by atoms with van der Waals surface area (Å²) in [5.74, 6) is -0.227. The molecule has 0 spiro atoms. The maximum atomic E-state index is 13.9. The summed E-state index contributed by atoms with van der Waals surface area (Å²) in [6.45, 7) is 0.972. The first-order valence-corrected chi connectivity index (χ1v) is 7.70. The lowest BCUT2D eigenvalue weighted by atomic mass is 9.96. The van der Waals surface area contributed by atoms with Crippen LogP contribution >= 0.6 is 12.4 Å². The van der Waals surface area contributed by atoms with Gasteiger partial charge >= 0.3 is 0 Å². The number of anilines is 1. The lowest BCUT2D eigenvalue weighted by molar-refractivity contribution is -0.116. The van der Waals surface area contributed by atoms with Gasteiger partial charge in [0, 0.05) is 24.2 Å². The lowest BCUT2D eigenvalue weighted by Gasteiger charge is -2.26. The van der Waals surface area contributed by atoms with E-state index in [0.717, 1.165) is 38.6 Å². The fraction of sp³-hybridized carbons (Fsp3) is 0.562. The Morgan fingerprint density at radius 3 is 2.73 bits per heavy atom. The van der Waals surface area contributed by atoms with E-state index in [-0.39, 0.29) is 36.2 Å². The van der Waals surface area contributed by atoms with Gasteiger partial charge in [-0.15, -0.1) is 12.4 Å². The number of benzene rings is 1. The van der Waals surface area contributed by atoms with Gasteiger partial charge < -0.3 is 15.4 Å². The van der Waals surface area contributed by atoms with Crippen molar-refractivity contribution in [3.8, 4) is 5.75 Å². The lowest BCUT2D eigenvalue weighted by Crippen LogP contribution is -2.27. The van der Waals surface area contributed by atoms with Crippen LogP contribution in [0.1, 0.15) is 38.5 Å². The minimum absolute atomic E-state index is 0. The van der Waals surface area contributed by atoms with Crippen LogP contribution < -0.4 is 15.4 Å². The number of nitrogens with one attached hydrogen (secondary N) is 2. The fourth-order valence-electron chi connectivity index (χ4n) is 2.71. The van der Waals surface area contributed by atoms with E-state index in [1.807, 2.05) is 0 Å². The quantitative estimate of drug-likeness (QED) is 0.872. The molecule has 2 aliphatic rings. The Morgan fingerprint density at radius 2 is 2.14 bits per heavy atom. The van der Waals surface area contributed by atoms with Crippen LogP contribution in [-0.2, 0) is 4.79 Å². The van der Waals surface area contributed by atoms with E-state index in [1.165, 1.54) is 6.07 Å². The van der Waals surface area contributed by atoms with Crippen LogP contribution in [-0.4, -0.2) is 24.6 Å². The van der Waals surface area contributed by atoms with Crippen LogP contribution in [0.3, 0.4) is 0 Å². The molecule has 0 aromatic heterocycles. The van der Waals surface area contributed by atoms with Gasteiger partial charge in [-0.1, -0.05) is 0 Å². The van der Waals surface area contributed by atoms with Crippen molar-refractivity contribution in [2.45, 2.75) is 50.7 Å². The third-order valence-corrected chi connectivity index (χ3v) is 4.16. The van der Waals surface area contributed by atoms with Crippen LogP contribution in [0.15, 0.2) is 18.2 Å².